The lowest BCUT2D eigenvalue weighted by atomic mass is 10.0. The number of amides is 1. The van der Waals surface area contributed by atoms with E-state index in [-0.39, 0.29) is 5.91 Å². The van der Waals surface area contributed by atoms with Gasteiger partial charge in [0, 0.05) is 22.7 Å². The summed E-state index contributed by atoms with van der Waals surface area (Å²) in [5.74, 6) is 0.324. The monoisotopic (exact) mass is 363 g/mol. The lowest BCUT2D eigenvalue weighted by Gasteiger charge is -2.05. The largest absolute Gasteiger partial charge is 0.375 e. The molecule has 3 rings (SSSR count). The first kappa shape index (κ1) is 17.9. The zero-order valence-corrected chi connectivity index (χ0v) is 15.6. The molecule has 0 aliphatic rings. The zero-order chi connectivity index (χ0) is 18.5. The van der Waals surface area contributed by atoms with Crippen LogP contribution in [0.3, 0.4) is 0 Å². The van der Waals surface area contributed by atoms with Gasteiger partial charge in [0.25, 0.3) is 0 Å². The van der Waals surface area contributed by atoms with Crippen molar-refractivity contribution in [1.82, 2.24) is 4.98 Å². The maximum atomic E-state index is 12.2. The van der Waals surface area contributed by atoms with Crippen LogP contribution in [-0.2, 0) is 4.79 Å². The molecular formula is C21H21N3OS. The third-order valence-electron chi connectivity index (χ3n) is 3.98. The van der Waals surface area contributed by atoms with Gasteiger partial charge in [-0.1, -0.05) is 50.2 Å². The second kappa shape index (κ2) is 7.97. The predicted molar refractivity (Wildman–Crippen MR) is 110 cm³/mol. The minimum absolute atomic E-state index is 0.173. The van der Waals surface area contributed by atoms with E-state index in [2.05, 4.69) is 36.3 Å². The molecule has 0 radical (unpaired) electrons. The summed E-state index contributed by atoms with van der Waals surface area (Å²) in [6, 6.07) is 15.8. The molecule has 0 bridgehead atoms. The Balaban J connectivity index is 1.66. The van der Waals surface area contributed by atoms with Crippen molar-refractivity contribution in [2.45, 2.75) is 19.8 Å². The van der Waals surface area contributed by atoms with Gasteiger partial charge in [-0.25, -0.2) is 4.98 Å². The maximum Gasteiger partial charge on any atom is 0.248 e. The number of hydrogen-bond acceptors (Lipinski definition) is 4. The molecule has 26 heavy (non-hydrogen) atoms. The molecule has 1 amide bonds. The summed E-state index contributed by atoms with van der Waals surface area (Å²) in [5, 5.41) is 5.31. The van der Waals surface area contributed by atoms with Gasteiger partial charge < -0.3 is 11.1 Å². The van der Waals surface area contributed by atoms with Gasteiger partial charge in [0.05, 0.1) is 5.69 Å². The fourth-order valence-corrected chi connectivity index (χ4v) is 3.10. The number of thiazole rings is 1. The molecule has 0 saturated carbocycles. The molecular weight excluding hydrogens is 342 g/mol. The van der Waals surface area contributed by atoms with Crippen molar-refractivity contribution in [3.63, 3.8) is 0 Å². The normalized spacial score (nSPS) is 11.2. The Hall–Kier alpha value is -2.92. The lowest BCUT2D eigenvalue weighted by molar-refractivity contribution is -0.111. The number of nitrogen functional groups attached to an aromatic ring is 1. The van der Waals surface area contributed by atoms with Crippen LogP contribution in [0.15, 0.2) is 60.0 Å². The number of carbonyl (C=O) groups excluding carboxylic acids is 1. The summed E-state index contributed by atoms with van der Waals surface area (Å²) in [4.78, 5) is 16.4. The third kappa shape index (κ3) is 4.58. The number of hydrogen-bond donors (Lipinski definition) is 2. The Bertz CT molecular complexity index is 926. The van der Waals surface area contributed by atoms with Crippen molar-refractivity contribution in [2.75, 3.05) is 11.1 Å². The molecule has 0 aliphatic heterocycles. The Morgan fingerprint density at radius 1 is 1.19 bits per heavy atom. The fraction of sp³-hybridized carbons (Fsp3) is 0.143. The van der Waals surface area contributed by atoms with E-state index in [9.17, 15) is 4.79 Å². The minimum Gasteiger partial charge on any atom is -0.375 e. The predicted octanol–water partition coefficient (Wildman–Crippen LogP) is 5.17. The van der Waals surface area contributed by atoms with Crippen LogP contribution in [0.4, 0.5) is 10.8 Å². The van der Waals surface area contributed by atoms with Gasteiger partial charge in [0.1, 0.15) is 0 Å². The Labute approximate surface area is 157 Å². The van der Waals surface area contributed by atoms with Gasteiger partial charge in [-0.2, -0.15) is 0 Å². The molecule has 1 heterocycles. The highest BCUT2D eigenvalue weighted by atomic mass is 32.1. The number of anilines is 2. The van der Waals surface area contributed by atoms with Gasteiger partial charge >= 0.3 is 0 Å². The molecule has 5 heteroatoms. The van der Waals surface area contributed by atoms with Gasteiger partial charge in [-0.15, -0.1) is 11.3 Å². The van der Waals surface area contributed by atoms with Crippen LogP contribution in [0.2, 0.25) is 0 Å². The summed E-state index contributed by atoms with van der Waals surface area (Å²) in [6.45, 7) is 4.32. The van der Waals surface area contributed by atoms with Crippen LogP contribution in [0.25, 0.3) is 17.3 Å². The highest BCUT2D eigenvalue weighted by molar-refractivity contribution is 7.13. The van der Waals surface area contributed by atoms with Gasteiger partial charge in [0.2, 0.25) is 5.91 Å². The van der Waals surface area contributed by atoms with Crippen LogP contribution in [-0.4, -0.2) is 10.9 Å². The first-order chi connectivity index (χ1) is 12.5. The zero-order valence-electron chi connectivity index (χ0n) is 14.8. The van der Waals surface area contributed by atoms with E-state index >= 15 is 0 Å². The highest BCUT2D eigenvalue weighted by Crippen LogP contribution is 2.25. The minimum atomic E-state index is -0.173. The van der Waals surface area contributed by atoms with Crippen molar-refractivity contribution < 1.29 is 4.79 Å². The SMILES string of the molecule is CC(C)c1ccc(/C=C/C(=O)Nc2cccc(-c3csc(N)n3)c2)cc1. The number of rotatable bonds is 5. The fourth-order valence-electron chi connectivity index (χ4n) is 2.52. The molecule has 3 aromatic rings. The second-order valence-corrected chi connectivity index (χ2v) is 7.19. The van der Waals surface area contributed by atoms with E-state index in [0.717, 1.165) is 22.5 Å². The lowest BCUT2D eigenvalue weighted by Crippen LogP contribution is -2.07. The van der Waals surface area contributed by atoms with Crippen LogP contribution in [0.1, 0.15) is 30.9 Å². The Morgan fingerprint density at radius 3 is 2.62 bits per heavy atom. The summed E-state index contributed by atoms with van der Waals surface area (Å²) < 4.78 is 0. The highest BCUT2D eigenvalue weighted by Gasteiger charge is 2.05. The second-order valence-electron chi connectivity index (χ2n) is 6.30. The first-order valence-electron chi connectivity index (χ1n) is 8.42. The van der Waals surface area contributed by atoms with Crippen molar-refractivity contribution in [1.29, 1.82) is 0 Å². The van der Waals surface area contributed by atoms with Crippen molar-refractivity contribution in [2.24, 2.45) is 0 Å². The molecule has 0 spiro atoms. The number of aromatic nitrogens is 1. The van der Waals surface area contributed by atoms with E-state index in [1.807, 2.05) is 47.9 Å². The quantitative estimate of drug-likeness (QED) is 0.615. The topological polar surface area (TPSA) is 68.0 Å². The number of nitrogens with one attached hydrogen (secondary N) is 1. The van der Waals surface area contributed by atoms with Crippen molar-refractivity contribution in [3.8, 4) is 11.3 Å². The molecule has 3 N–H and O–H groups in total. The van der Waals surface area contributed by atoms with Crippen molar-refractivity contribution in [3.05, 3.63) is 71.1 Å². The number of nitrogens with two attached hydrogens (primary N) is 1. The number of benzene rings is 2. The van der Waals surface area contributed by atoms with Crippen LogP contribution in [0.5, 0.6) is 0 Å². The standard InChI is InChI=1S/C21H21N3OS/c1-14(2)16-9-6-15(7-10-16)8-11-20(25)23-18-5-3-4-17(12-18)19-13-26-21(22)24-19/h3-14H,1-2H3,(H2,22,24)(H,23,25)/b11-8+. The number of carbonyl (C=O) groups is 1. The van der Waals surface area contributed by atoms with E-state index in [1.165, 1.54) is 23.0 Å². The molecule has 4 nitrogen and oxygen atoms in total. The first-order valence-corrected chi connectivity index (χ1v) is 9.29. The Morgan fingerprint density at radius 2 is 1.96 bits per heavy atom. The summed E-state index contributed by atoms with van der Waals surface area (Å²) in [5.41, 5.74) is 10.4. The average molecular weight is 363 g/mol. The molecule has 0 fully saturated rings. The van der Waals surface area contributed by atoms with Crippen LogP contribution < -0.4 is 11.1 Å². The van der Waals surface area contributed by atoms with E-state index < -0.39 is 0 Å². The number of nitrogens with zero attached hydrogens (tertiary/aromatic N) is 1. The van der Waals surface area contributed by atoms with Gasteiger partial charge in [0.15, 0.2) is 5.13 Å². The van der Waals surface area contributed by atoms with Gasteiger partial charge in [-0.05, 0) is 35.3 Å². The van der Waals surface area contributed by atoms with Gasteiger partial charge in [-0.3, -0.25) is 4.79 Å². The van der Waals surface area contributed by atoms with Crippen molar-refractivity contribution >= 4 is 34.1 Å². The average Bonchev–Trinajstić information content (AvgIpc) is 3.07. The molecule has 0 atom stereocenters. The molecule has 0 unspecified atom stereocenters. The summed E-state index contributed by atoms with van der Waals surface area (Å²) in [7, 11) is 0. The molecule has 132 valence electrons. The summed E-state index contributed by atoms with van der Waals surface area (Å²) >= 11 is 1.40. The molecule has 2 aromatic carbocycles. The molecule has 0 aliphatic carbocycles. The smallest absolute Gasteiger partial charge is 0.248 e. The Kier molecular flexibility index (Phi) is 5.49. The third-order valence-corrected chi connectivity index (χ3v) is 4.65. The molecule has 0 saturated heterocycles. The molecule has 1 aromatic heterocycles. The van der Waals surface area contributed by atoms with E-state index in [4.69, 9.17) is 5.73 Å². The summed E-state index contributed by atoms with van der Waals surface area (Å²) in [6.07, 6.45) is 3.35. The van der Waals surface area contributed by atoms with Crippen LogP contribution >= 0.6 is 11.3 Å². The van der Waals surface area contributed by atoms with E-state index in [1.54, 1.807) is 0 Å². The van der Waals surface area contributed by atoms with E-state index in [0.29, 0.717) is 11.0 Å². The maximum absolute atomic E-state index is 12.2. The van der Waals surface area contributed by atoms with Crippen LogP contribution in [0, 0.1) is 0 Å².